The van der Waals surface area contributed by atoms with Crippen molar-refractivity contribution < 1.29 is 19.0 Å². The minimum absolute atomic E-state index is 0.0697. The first-order valence-electron chi connectivity index (χ1n) is 10.7. The van der Waals surface area contributed by atoms with Gasteiger partial charge in [-0.15, -0.1) is 5.10 Å². The summed E-state index contributed by atoms with van der Waals surface area (Å²) in [6.45, 7) is 0.386. The number of nitrogens with one attached hydrogen (secondary N) is 1. The Morgan fingerprint density at radius 3 is 2.91 bits per heavy atom. The van der Waals surface area contributed by atoms with E-state index in [1.807, 2.05) is 6.07 Å². The van der Waals surface area contributed by atoms with Crippen LogP contribution >= 0.6 is 0 Å². The summed E-state index contributed by atoms with van der Waals surface area (Å²) in [5.41, 5.74) is 1.73. The van der Waals surface area contributed by atoms with Crippen molar-refractivity contribution in [2.75, 3.05) is 6.61 Å². The van der Waals surface area contributed by atoms with E-state index in [9.17, 15) is 14.3 Å². The fraction of sp³-hybridized carbons (Fsp3) is 0.391. The zero-order valence-corrected chi connectivity index (χ0v) is 17.6. The number of aliphatic hydroxyl groups is 1. The van der Waals surface area contributed by atoms with Gasteiger partial charge in [0.05, 0.1) is 31.4 Å². The molecule has 0 aliphatic carbocycles. The van der Waals surface area contributed by atoms with Crippen molar-refractivity contribution in [3.05, 3.63) is 66.4 Å². The van der Waals surface area contributed by atoms with Gasteiger partial charge in [0.2, 0.25) is 5.91 Å². The normalized spacial score (nSPS) is 20.8. The van der Waals surface area contributed by atoms with Crippen LogP contribution in [0.1, 0.15) is 24.8 Å². The van der Waals surface area contributed by atoms with Crippen LogP contribution in [0.2, 0.25) is 0 Å². The lowest BCUT2D eigenvalue weighted by atomic mass is 9.97. The van der Waals surface area contributed by atoms with E-state index in [-0.39, 0.29) is 36.9 Å². The van der Waals surface area contributed by atoms with Gasteiger partial charge in [-0.2, -0.15) is 0 Å². The minimum Gasteiger partial charge on any atom is -0.394 e. The Bertz CT molecular complexity index is 1030. The SMILES string of the molecule is O=C(Cc1cccnc1)N[C@@H]1CC[C@@H](CCn2cc(-c3ccccc3F)nn2)O[C@@H]1CO. The Labute approximate surface area is 185 Å². The smallest absolute Gasteiger partial charge is 0.224 e. The van der Waals surface area contributed by atoms with E-state index in [1.165, 1.54) is 6.07 Å². The molecule has 32 heavy (non-hydrogen) atoms. The second-order valence-corrected chi connectivity index (χ2v) is 7.90. The van der Waals surface area contributed by atoms with Crippen LogP contribution in [0, 0.1) is 5.82 Å². The third-order valence-electron chi connectivity index (χ3n) is 5.60. The van der Waals surface area contributed by atoms with Gasteiger partial charge in [0.15, 0.2) is 0 Å². The van der Waals surface area contributed by atoms with Crippen LogP contribution in [0.4, 0.5) is 4.39 Å². The van der Waals surface area contributed by atoms with E-state index in [1.54, 1.807) is 47.5 Å². The van der Waals surface area contributed by atoms with Crippen LogP contribution in [-0.4, -0.2) is 55.8 Å². The van der Waals surface area contributed by atoms with Crippen molar-refractivity contribution in [2.24, 2.45) is 0 Å². The molecule has 4 rings (SSSR count). The van der Waals surface area contributed by atoms with Gasteiger partial charge in [-0.3, -0.25) is 14.5 Å². The van der Waals surface area contributed by atoms with Gasteiger partial charge in [0, 0.05) is 24.5 Å². The third kappa shape index (κ3) is 5.54. The van der Waals surface area contributed by atoms with Crippen molar-refractivity contribution >= 4 is 5.91 Å². The Morgan fingerprint density at radius 2 is 2.12 bits per heavy atom. The largest absolute Gasteiger partial charge is 0.394 e. The van der Waals surface area contributed by atoms with E-state index < -0.39 is 6.10 Å². The van der Waals surface area contributed by atoms with Gasteiger partial charge in [0.1, 0.15) is 17.6 Å². The number of rotatable bonds is 8. The molecule has 3 heterocycles. The third-order valence-corrected chi connectivity index (χ3v) is 5.60. The fourth-order valence-electron chi connectivity index (χ4n) is 3.93. The molecule has 3 aromatic rings. The number of aromatic nitrogens is 4. The summed E-state index contributed by atoms with van der Waals surface area (Å²) in [7, 11) is 0. The summed E-state index contributed by atoms with van der Waals surface area (Å²) in [6, 6.07) is 9.87. The summed E-state index contributed by atoms with van der Waals surface area (Å²) in [5, 5.41) is 20.9. The lowest BCUT2D eigenvalue weighted by molar-refractivity contribution is -0.128. The molecule has 2 aromatic heterocycles. The highest BCUT2D eigenvalue weighted by molar-refractivity contribution is 5.78. The number of halogens is 1. The molecular formula is C23H26FN5O3. The number of hydrogen-bond acceptors (Lipinski definition) is 6. The summed E-state index contributed by atoms with van der Waals surface area (Å²) in [4.78, 5) is 16.4. The Hall–Kier alpha value is -3.17. The monoisotopic (exact) mass is 439 g/mol. The van der Waals surface area contributed by atoms with Gasteiger partial charge in [-0.1, -0.05) is 23.4 Å². The van der Waals surface area contributed by atoms with Crippen LogP contribution in [0.3, 0.4) is 0 Å². The molecular weight excluding hydrogens is 413 g/mol. The number of nitrogens with zero attached hydrogens (tertiary/aromatic N) is 4. The van der Waals surface area contributed by atoms with Crippen LogP contribution in [-0.2, 0) is 22.5 Å². The molecule has 0 spiro atoms. The molecule has 9 heteroatoms. The van der Waals surface area contributed by atoms with Gasteiger partial charge in [-0.25, -0.2) is 4.39 Å². The molecule has 0 bridgehead atoms. The van der Waals surface area contributed by atoms with Gasteiger partial charge in [0.25, 0.3) is 0 Å². The number of ether oxygens (including phenoxy) is 1. The van der Waals surface area contributed by atoms with Crippen LogP contribution in [0.15, 0.2) is 55.0 Å². The molecule has 1 amide bonds. The number of pyridine rings is 1. The summed E-state index contributed by atoms with van der Waals surface area (Å²) in [6.07, 6.45) is 6.89. The van der Waals surface area contributed by atoms with E-state index in [2.05, 4.69) is 20.6 Å². The highest BCUT2D eigenvalue weighted by Crippen LogP contribution is 2.23. The second-order valence-electron chi connectivity index (χ2n) is 7.90. The number of aryl methyl sites for hydroxylation is 1. The standard InChI is InChI=1S/C23H26FN5O3/c24-19-6-2-1-5-18(19)21-14-29(28-27-21)11-9-17-7-8-20(22(15-30)32-17)26-23(31)12-16-4-3-10-25-13-16/h1-6,10,13-14,17,20,22,30H,7-9,11-12,15H2,(H,26,31)/t17-,20+,22+/m0/s1. The molecule has 3 atom stereocenters. The predicted molar refractivity (Wildman–Crippen MR) is 115 cm³/mol. The molecule has 1 aromatic carbocycles. The second kappa shape index (κ2) is 10.4. The topological polar surface area (TPSA) is 102 Å². The first-order valence-corrected chi connectivity index (χ1v) is 10.7. The lowest BCUT2D eigenvalue weighted by Crippen LogP contribution is -2.51. The van der Waals surface area contributed by atoms with E-state index in [0.717, 1.165) is 12.0 Å². The highest BCUT2D eigenvalue weighted by Gasteiger charge is 2.31. The van der Waals surface area contributed by atoms with Crippen molar-refractivity contribution in [1.29, 1.82) is 0 Å². The zero-order chi connectivity index (χ0) is 22.3. The van der Waals surface area contributed by atoms with E-state index in [4.69, 9.17) is 4.74 Å². The summed E-state index contributed by atoms with van der Waals surface area (Å²) < 4.78 is 21.6. The number of benzene rings is 1. The van der Waals surface area contributed by atoms with Crippen molar-refractivity contribution in [2.45, 2.75) is 50.5 Å². The van der Waals surface area contributed by atoms with Crippen molar-refractivity contribution in [3.63, 3.8) is 0 Å². The summed E-state index contributed by atoms with van der Waals surface area (Å²) >= 11 is 0. The molecule has 0 unspecified atom stereocenters. The Kier molecular flexibility index (Phi) is 7.18. The number of aliphatic hydroxyl groups excluding tert-OH is 1. The van der Waals surface area contributed by atoms with Gasteiger partial charge < -0.3 is 15.2 Å². The van der Waals surface area contributed by atoms with Gasteiger partial charge in [-0.05, 0) is 43.0 Å². The fourth-order valence-corrected chi connectivity index (χ4v) is 3.93. The first-order chi connectivity index (χ1) is 15.6. The number of hydrogen-bond donors (Lipinski definition) is 2. The maximum atomic E-state index is 13.9. The maximum absolute atomic E-state index is 13.9. The molecule has 1 fully saturated rings. The molecule has 8 nitrogen and oxygen atoms in total. The minimum atomic E-state index is -0.462. The molecule has 1 saturated heterocycles. The lowest BCUT2D eigenvalue weighted by Gasteiger charge is -2.36. The van der Waals surface area contributed by atoms with Crippen molar-refractivity contribution in [1.82, 2.24) is 25.3 Å². The Morgan fingerprint density at radius 1 is 1.25 bits per heavy atom. The van der Waals surface area contributed by atoms with E-state index >= 15 is 0 Å². The molecule has 168 valence electrons. The molecule has 1 aliphatic heterocycles. The van der Waals surface area contributed by atoms with Crippen LogP contribution < -0.4 is 5.32 Å². The molecule has 0 radical (unpaired) electrons. The molecule has 0 saturated carbocycles. The molecule has 2 N–H and O–H groups in total. The number of carbonyl (C=O) groups is 1. The quantitative estimate of drug-likeness (QED) is 0.558. The zero-order valence-electron chi connectivity index (χ0n) is 17.6. The number of carbonyl (C=O) groups excluding carboxylic acids is 1. The average Bonchev–Trinajstić information content (AvgIpc) is 3.28. The van der Waals surface area contributed by atoms with Crippen molar-refractivity contribution in [3.8, 4) is 11.3 Å². The maximum Gasteiger partial charge on any atom is 0.224 e. The van der Waals surface area contributed by atoms with Crippen LogP contribution in [0.5, 0.6) is 0 Å². The van der Waals surface area contributed by atoms with E-state index in [0.29, 0.717) is 30.6 Å². The number of amides is 1. The molecule has 1 aliphatic rings. The average molecular weight is 439 g/mol. The van der Waals surface area contributed by atoms with Gasteiger partial charge >= 0.3 is 0 Å². The predicted octanol–water partition coefficient (Wildman–Crippen LogP) is 2.14. The first kappa shape index (κ1) is 22.0. The highest BCUT2D eigenvalue weighted by atomic mass is 19.1. The summed E-state index contributed by atoms with van der Waals surface area (Å²) in [5.74, 6) is -0.454. The van der Waals surface area contributed by atoms with Crippen LogP contribution in [0.25, 0.3) is 11.3 Å². The Balaban J connectivity index is 1.27.